The largest absolute Gasteiger partial charge is 0.385 e. The molecule has 0 aliphatic heterocycles. The summed E-state index contributed by atoms with van der Waals surface area (Å²) in [5.74, 6) is 0. The molecule has 0 saturated carbocycles. The Morgan fingerprint density at radius 3 is 2.94 bits per heavy atom. The zero-order chi connectivity index (χ0) is 12.5. The Kier molecular flexibility index (Phi) is 8.05. The highest BCUT2D eigenvalue weighted by Gasteiger charge is 1.99. The van der Waals surface area contributed by atoms with E-state index in [0.29, 0.717) is 0 Å². The van der Waals surface area contributed by atoms with E-state index in [9.17, 15) is 0 Å². The number of ether oxygens (including phenoxy) is 1. The second-order valence-electron chi connectivity index (χ2n) is 4.06. The summed E-state index contributed by atoms with van der Waals surface area (Å²) in [6, 6.07) is 2.17. The lowest BCUT2D eigenvalue weighted by atomic mass is 10.4. The van der Waals surface area contributed by atoms with Crippen LogP contribution in [0.3, 0.4) is 0 Å². The molecule has 0 aromatic carbocycles. The third kappa shape index (κ3) is 7.16. The number of likely N-dealkylation sites (N-methyl/N-ethyl adjacent to an activating group) is 1. The molecule has 3 nitrogen and oxygen atoms in total. The highest BCUT2D eigenvalue weighted by atomic mass is 79.9. The zero-order valence-corrected chi connectivity index (χ0v) is 12.9. The van der Waals surface area contributed by atoms with Crippen molar-refractivity contribution in [2.45, 2.75) is 13.0 Å². The summed E-state index contributed by atoms with van der Waals surface area (Å²) in [5.41, 5.74) is 0. The fraction of sp³-hybridized carbons (Fsp3) is 0.667. The van der Waals surface area contributed by atoms with Gasteiger partial charge in [-0.1, -0.05) is 0 Å². The number of nitrogens with one attached hydrogen (secondary N) is 1. The summed E-state index contributed by atoms with van der Waals surface area (Å²) >= 11 is 5.25. The van der Waals surface area contributed by atoms with Crippen LogP contribution in [0.5, 0.6) is 0 Å². The van der Waals surface area contributed by atoms with Crippen LogP contribution in [0.1, 0.15) is 11.3 Å². The van der Waals surface area contributed by atoms with Crippen LogP contribution in [-0.4, -0.2) is 45.3 Å². The molecule has 0 unspecified atom stereocenters. The molecule has 0 radical (unpaired) electrons. The van der Waals surface area contributed by atoms with Crippen molar-refractivity contribution in [1.82, 2.24) is 10.2 Å². The van der Waals surface area contributed by atoms with E-state index in [-0.39, 0.29) is 0 Å². The van der Waals surface area contributed by atoms with Gasteiger partial charge < -0.3 is 15.0 Å². The first-order valence-corrected chi connectivity index (χ1v) is 7.50. The van der Waals surface area contributed by atoms with E-state index in [0.717, 1.165) is 39.2 Å². The van der Waals surface area contributed by atoms with Gasteiger partial charge in [0.2, 0.25) is 0 Å². The molecule has 0 bridgehead atoms. The Bertz CT molecular complexity index is 306. The highest BCUT2D eigenvalue weighted by Crippen LogP contribution is 2.19. The Morgan fingerprint density at radius 2 is 2.29 bits per heavy atom. The molecule has 0 atom stereocenters. The molecule has 0 aliphatic rings. The molecule has 0 spiro atoms. The lowest BCUT2D eigenvalue weighted by molar-refractivity contribution is 0.179. The Labute approximate surface area is 116 Å². The number of nitrogens with zero attached hydrogens (tertiary/aromatic N) is 1. The Morgan fingerprint density at radius 1 is 1.47 bits per heavy atom. The smallest absolute Gasteiger partial charge is 0.0474 e. The van der Waals surface area contributed by atoms with Crippen molar-refractivity contribution in [3.8, 4) is 0 Å². The third-order valence-corrected chi connectivity index (χ3v) is 4.18. The van der Waals surface area contributed by atoms with Crippen LogP contribution in [0.15, 0.2) is 15.9 Å². The summed E-state index contributed by atoms with van der Waals surface area (Å²) in [6.07, 6.45) is 1.10. The molecule has 1 aromatic heterocycles. The van der Waals surface area contributed by atoms with Crippen molar-refractivity contribution in [1.29, 1.82) is 0 Å². The second-order valence-corrected chi connectivity index (χ2v) is 5.97. The van der Waals surface area contributed by atoms with Gasteiger partial charge in [0, 0.05) is 54.6 Å². The maximum atomic E-state index is 5.03. The van der Waals surface area contributed by atoms with Gasteiger partial charge >= 0.3 is 0 Å². The fourth-order valence-electron chi connectivity index (χ4n) is 1.52. The average molecular weight is 321 g/mol. The molecule has 1 N–H and O–H groups in total. The molecule has 0 fully saturated rings. The Hall–Kier alpha value is 0.0600. The number of thiophene rings is 1. The van der Waals surface area contributed by atoms with E-state index in [1.807, 2.05) is 0 Å². The van der Waals surface area contributed by atoms with Gasteiger partial charge in [-0.3, -0.25) is 0 Å². The van der Waals surface area contributed by atoms with Gasteiger partial charge in [-0.25, -0.2) is 0 Å². The Balaban J connectivity index is 2.00. The minimum atomic E-state index is 0.848. The van der Waals surface area contributed by atoms with E-state index in [4.69, 9.17) is 4.74 Å². The second kappa shape index (κ2) is 9.05. The van der Waals surface area contributed by atoms with E-state index < -0.39 is 0 Å². The quantitative estimate of drug-likeness (QED) is 0.708. The van der Waals surface area contributed by atoms with Crippen LogP contribution >= 0.6 is 27.3 Å². The summed E-state index contributed by atoms with van der Waals surface area (Å²) in [6.45, 7) is 5.01. The number of hydrogen-bond acceptors (Lipinski definition) is 4. The third-order valence-electron chi connectivity index (χ3n) is 2.48. The lowest BCUT2D eigenvalue weighted by Gasteiger charge is -2.16. The van der Waals surface area contributed by atoms with Crippen LogP contribution < -0.4 is 5.32 Å². The maximum Gasteiger partial charge on any atom is 0.0474 e. The first-order valence-electron chi connectivity index (χ1n) is 5.83. The van der Waals surface area contributed by atoms with Gasteiger partial charge in [0.25, 0.3) is 0 Å². The molecule has 98 valence electrons. The standard InChI is InChI=1S/C12H21BrN2OS/c1-15(5-3-7-16-2)6-4-14-9-12-8-11(13)10-17-12/h8,10,14H,3-7,9H2,1-2H3. The molecule has 1 heterocycles. The maximum absolute atomic E-state index is 5.03. The van der Waals surface area contributed by atoms with Crippen LogP contribution in [0.2, 0.25) is 0 Å². The van der Waals surface area contributed by atoms with Gasteiger partial charge in [-0.05, 0) is 35.5 Å². The normalized spacial score (nSPS) is 11.3. The van der Waals surface area contributed by atoms with Crippen LogP contribution in [0.25, 0.3) is 0 Å². The molecule has 1 rings (SSSR count). The molecular formula is C12H21BrN2OS. The molecule has 5 heteroatoms. The van der Waals surface area contributed by atoms with E-state index >= 15 is 0 Å². The van der Waals surface area contributed by atoms with Crippen molar-refractivity contribution in [2.75, 3.05) is 40.4 Å². The number of halogens is 1. The van der Waals surface area contributed by atoms with Crippen molar-refractivity contribution in [3.05, 3.63) is 20.8 Å². The van der Waals surface area contributed by atoms with Crippen molar-refractivity contribution in [2.24, 2.45) is 0 Å². The molecular weight excluding hydrogens is 300 g/mol. The first-order chi connectivity index (χ1) is 8.22. The molecule has 17 heavy (non-hydrogen) atoms. The molecule has 0 saturated heterocycles. The number of rotatable bonds is 9. The number of methoxy groups -OCH3 is 1. The summed E-state index contributed by atoms with van der Waals surface area (Å²) < 4.78 is 6.21. The average Bonchev–Trinajstić information content (AvgIpc) is 2.71. The zero-order valence-electron chi connectivity index (χ0n) is 10.5. The topological polar surface area (TPSA) is 24.5 Å². The van der Waals surface area contributed by atoms with E-state index in [1.54, 1.807) is 18.4 Å². The minimum Gasteiger partial charge on any atom is -0.385 e. The van der Waals surface area contributed by atoms with E-state index in [1.165, 1.54) is 9.35 Å². The monoisotopic (exact) mass is 320 g/mol. The van der Waals surface area contributed by atoms with Gasteiger partial charge in [0.15, 0.2) is 0 Å². The van der Waals surface area contributed by atoms with Crippen molar-refractivity contribution < 1.29 is 4.74 Å². The van der Waals surface area contributed by atoms with Crippen LogP contribution in [-0.2, 0) is 11.3 Å². The lowest BCUT2D eigenvalue weighted by Crippen LogP contribution is -2.30. The summed E-state index contributed by atoms with van der Waals surface area (Å²) in [5, 5.41) is 5.57. The minimum absolute atomic E-state index is 0.848. The fourth-order valence-corrected chi connectivity index (χ4v) is 2.94. The molecule has 0 amide bonds. The van der Waals surface area contributed by atoms with Gasteiger partial charge in [-0.15, -0.1) is 11.3 Å². The van der Waals surface area contributed by atoms with Crippen molar-refractivity contribution >= 4 is 27.3 Å². The van der Waals surface area contributed by atoms with Gasteiger partial charge in [-0.2, -0.15) is 0 Å². The van der Waals surface area contributed by atoms with Crippen molar-refractivity contribution in [3.63, 3.8) is 0 Å². The number of hydrogen-bond donors (Lipinski definition) is 1. The predicted octanol–water partition coefficient (Wildman–Crippen LogP) is 2.57. The van der Waals surface area contributed by atoms with Gasteiger partial charge in [0.1, 0.15) is 0 Å². The molecule has 0 aliphatic carbocycles. The van der Waals surface area contributed by atoms with Gasteiger partial charge in [0.05, 0.1) is 0 Å². The highest BCUT2D eigenvalue weighted by molar-refractivity contribution is 9.10. The summed E-state index contributed by atoms with van der Waals surface area (Å²) in [4.78, 5) is 3.70. The summed E-state index contributed by atoms with van der Waals surface area (Å²) in [7, 11) is 3.90. The van der Waals surface area contributed by atoms with Crippen LogP contribution in [0, 0.1) is 0 Å². The molecule has 1 aromatic rings. The van der Waals surface area contributed by atoms with E-state index in [2.05, 4.69) is 44.6 Å². The first kappa shape index (κ1) is 15.1. The van der Waals surface area contributed by atoms with Crippen LogP contribution in [0.4, 0.5) is 0 Å². The SMILES string of the molecule is COCCCN(C)CCNCc1cc(Br)cs1. The predicted molar refractivity (Wildman–Crippen MR) is 77.7 cm³/mol.